The molecule has 0 bridgehead atoms. The first-order valence-corrected chi connectivity index (χ1v) is 3.92. The molecule has 0 heterocycles. The third-order valence-electron chi connectivity index (χ3n) is 1.65. The Balaban J connectivity index is 3.79. The van der Waals surface area contributed by atoms with Gasteiger partial charge in [-0.05, 0) is 6.42 Å². The molecule has 0 aromatic carbocycles. The maximum atomic E-state index is 10.5. The van der Waals surface area contributed by atoms with Gasteiger partial charge in [0.2, 0.25) is 6.54 Å². The van der Waals surface area contributed by atoms with E-state index in [1.54, 1.807) is 0 Å². The lowest BCUT2D eigenvalue weighted by atomic mass is 10.0. The molecule has 70 valence electrons. The highest BCUT2D eigenvalue weighted by atomic mass is 16.6. The molecule has 0 saturated heterocycles. The van der Waals surface area contributed by atoms with Crippen molar-refractivity contribution in [1.82, 2.24) is 0 Å². The van der Waals surface area contributed by atoms with Crippen LogP contribution in [0.2, 0.25) is 0 Å². The molecule has 5 nitrogen and oxygen atoms in total. The average molecular weight is 175 g/mol. The van der Waals surface area contributed by atoms with Crippen LogP contribution in [0.25, 0.3) is 0 Å². The van der Waals surface area contributed by atoms with Crippen molar-refractivity contribution in [2.24, 2.45) is 5.92 Å². The van der Waals surface area contributed by atoms with Crippen molar-refractivity contribution in [2.75, 3.05) is 6.54 Å². The van der Waals surface area contributed by atoms with Gasteiger partial charge >= 0.3 is 5.97 Å². The Morgan fingerprint density at radius 3 is 2.50 bits per heavy atom. The van der Waals surface area contributed by atoms with Crippen LogP contribution >= 0.6 is 0 Å². The van der Waals surface area contributed by atoms with E-state index in [9.17, 15) is 14.9 Å². The van der Waals surface area contributed by atoms with Crippen LogP contribution in [0.15, 0.2) is 0 Å². The molecule has 1 atom stereocenters. The molecule has 0 aliphatic rings. The SMILES string of the molecule is CCCC(CC[N+](=O)[O-])C(=O)O. The predicted molar refractivity (Wildman–Crippen MR) is 42.5 cm³/mol. The summed E-state index contributed by atoms with van der Waals surface area (Å²) in [7, 11) is 0. The number of nitrogens with zero attached hydrogens (tertiary/aromatic N) is 1. The number of nitro groups is 1. The van der Waals surface area contributed by atoms with Crippen molar-refractivity contribution >= 4 is 5.97 Å². The highest BCUT2D eigenvalue weighted by molar-refractivity contribution is 5.69. The third kappa shape index (κ3) is 4.65. The lowest BCUT2D eigenvalue weighted by molar-refractivity contribution is -0.481. The lowest BCUT2D eigenvalue weighted by Gasteiger charge is -2.06. The van der Waals surface area contributed by atoms with E-state index in [1.165, 1.54) is 0 Å². The second kappa shape index (κ2) is 5.51. The van der Waals surface area contributed by atoms with Crippen molar-refractivity contribution in [3.63, 3.8) is 0 Å². The minimum atomic E-state index is -0.932. The van der Waals surface area contributed by atoms with Crippen LogP contribution in [0, 0.1) is 16.0 Å². The molecule has 0 spiro atoms. The Morgan fingerprint density at radius 2 is 2.17 bits per heavy atom. The number of rotatable bonds is 6. The predicted octanol–water partition coefficient (Wildman–Crippen LogP) is 1.15. The quantitative estimate of drug-likeness (QED) is 0.485. The van der Waals surface area contributed by atoms with Crippen LogP contribution in [0.5, 0.6) is 0 Å². The van der Waals surface area contributed by atoms with E-state index in [0.29, 0.717) is 6.42 Å². The van der Waals surface area contributed by atoms with Gasteiger partial charge in [0, 0.05) is 11.3 Å². The fourth-order valence-electron chi connectivity index (χ4n) is 1.00. The monoisotopic (exact) mass is 175 g/mol. The molecule has 0 aromatic heterocycles. The molecule has 1 unspecified atom stereocenters. The van der Waals surface area contributed by atoms with Gasteiger partial charge in [-0.1, -0.05) is 13.3 Å². The van der Waals surface area contributed by atoms with E-state index in [0.717, 1.165) is 6.42 Å². The Labute approximate surface area is 70.5 Å². The van der Waals surface area contributed by atoms with Crippen LogP contribution < -0.4 is 0 Å². The zero-order valence-electron chi connectivity index (χ0n) is 7.02. The Morgan fingerprint density at radius 1 is 1.58 bits per heavy atom. The average Bonchev–Trinajstić information content (AvgIpc) is 1.96. The number of carbonyl (C=O) groups is 1. The first-order chi connectivity index (χ1) is 5.57. The summed E-state index contributed by atoms with van der Waals surface area (Å²) < 4.78 is 0. The highest BCUT2D eigenvalue weighted by Crippen LogP contribution is 2.10. The zero-order chi connectivity index (χ0) is 9.56. The van der Waals surface area contributed by atoms with E-state index in [2.05, 4.69) is 0 Å². The largest absolute Gasteiger partial charge is 0.481 e. The van der Waals surface area contributed by atoms with E-state index in [1.807, 2.05) is 6.92 Å². The van der Waals surface area contributed by atoms with E-state index >= 15 is 0 Å². The maximum Gasteiger partial charge on any atom is 0.306 e. The summed E-state index contributed by atoms with van der Waals surface area (Å²) in [5.74, 6) is -1.49. The van der Waals surface area contributed by atoms with Crippen molar-refractivity contribution in [1.29, 1.82) is 0 Å². The Kier molecular flexibility index (Phi) is 4.99. The molecule has 0 aliphatic heterocycles. The summed E-state index contributed by atoms with van der Waals surface area (Å²) in [4.78, 5) is 19.9. The molecule has 0 rings (SSSR count). The zero-order valence-corrected chi connectivity index (χ0v) is 7.02. The molecule has 5 heteroatoms. The minimum Gasteiger partial charge on any atom is -0.481 e. The summed E-state index contributed by atoms with van der Waals surface area (Å²) >= 11 is 0. The van der Waals surface area contributed by atoms with Crippen LogP contribution in [-0.2, 0) is 4.79 Å². The molecule has 0 radical (unpaired) electrons. The first kappa shape index (κ1) is 10.9. The van der Waals surface area contributed by atoms with E-state index in [-0.39, 0.29) is 13.0 Å². The molecule has 0 amide bonds. The topological polar surface area (TPSA) is 80.4 Å². The number of hydrogen-bond acceptors (Lipinski definition) is 3. The fourth-order valence-corrected chi connectivity index (χ4v) is 1.00. The molecular formula is C7H13NO4. The smallest absolute Gasteiger partial charge is 0.306 e. The van der Waals surface area contributed by atoms with Gasteiger partial charge in [0.05, 0.1) is 5.92 Å². The summed E-state index contributed by atoms with van der Waals surface area (Å²) in [6, 6.07) is 0. The van der Waals surface area contributed by atoms with Crippen LogP contribution in [0.1, 0.15) is 26.2 Å². The second-order valence-electron chi connectivity index (χ2n) is 2.67. The lowest BCUT2D eigenvalue weighted by Crippen LogP contribution is -2.17. The molecule has 0 aromatic rings. The van der Waals surface area contributed by atoms with Gasteiger partial charge in [0.25, 0.3) is 0 Å². The second-order valence-corrected chi connectivity index (χ2v) is 2.67. The normalized spacial score (nSPS) is 12.4. The molecule has 12 heavy (non-hydrogen) atoms. The van der Waals surface area contributed by atoms with Gasteiger partial charge in [-0.3, -0.25) is 14.9 Å². The Hall–Kier alpha value is -1.13. The number of carboxylic acids is 1. The van der Waals surface area contributed by atoms with Gasteiger partial charge in [-0.2, -0.15) is 0 Å². The number of carboxylic acid groups (broad SMARTS) is 1. The molecule has 0 fully saturated rings. The van der Waals surface area contributed by atoms with Crippen molar-refractivity contribution < 1.29 is 14.8 Å². The van der Waals surface area contributed by atoms with Gasteiger partial charge in [-0.25, -0.2) is 0 Å². The van der Waals surface area contributed by atoms with Crippen LogP contribution in [0.3, 0.4) is 0 Å². The number of hydrogen-bond donors (Lipinski definition) is 1. The van der Waals surface area contributed by atoms with Gasteiger partial charge in [-0.15, -0.1) is 0 Å². The van der Waals surface area contributed by atoms with Crippen LogP contribution in [0.4, 0.5) is 0 Å². The summed E-state index contributed by atoms with van der Waals surface area (Å²) in [6.45, 7) is 1.61. The maximum absolute atomic E-state index is 10.5. The summed E-state index contributed by atoms with van der Waals surface area (Å²) in [6.07, 6.45) is 1.40. The van der Waals surface area contributed by atoms with Gasteiger partial charge in [0.15, 0.2) is 0 Å². The van der Waals surface area contributed by atoms with E-state index < -0.39 is 16.8 Å². The minimum absolute atomic E-state index is 0.135. The van der Waals surface area contributed by atoms with Crippen molar-refractivity contribution in [2.45, 2.75) is 26.2 Å². The van der Waals surface area contributed by atoms with E-state index in [4.69, 9.17) is 5.11 Å². The Bertz CT molecular complexity index is 169. The number of aliphatic carboxylic acids is 1. The molecule has 0 saturated carbocycles. The van der Waals surface area contributed by atoms with Gasteiger partial charge in [0.1, 0.15) is 0 Å². The fraction of sp³-hybridized carbons (Fsp3) is 0.857. The highest BCUT2D eigenvalue weighted by Gasteiger charge is 2.18. The summed E-state index contributed by atoms with van der Waals surface area (Å²) in [5.41, 5.74) is 0. The summed E-state index contributed by atoms with van der Waals surface area (Å²) in [5, 5.41) is 18.5. The standard InChI is InChI=1S/C7H13NO4/c1-2-3-6(7(9)10)4-5-8(11)12/h6H,2-5H2,1H3,(H,9,10). The van der Waals surface area contributed by atoms with Gasteiger partial charge < -0.3 is 5.11 Å². The van der Waals surface area contributed by atoms with Crippen molar-refractivity contribution in [3.05, 3.63) is 10.1 Å². The molecule has 1 N–H and O–H groups in total. The molecule has 0 aliphatic carbocycles. The van der Waals surface area contributed by atoms with Crippen LogP contribution in [-0.4, -0.2) is 22.5 Å². The third-order valence-corrected chi connectivity index (χ3v) is 1.65. The van der Waals surface area contributed by atoms with Crippen molar-refractivity contribution in [3.8, 4) is 0 Å². The first-order valence-electron chi connectivity index (χ1n) is 3.92. The molecular weight excluding hydrogens is 162 g/mol.